The summed E-state index contributed by atoms with van der Waals surface area (Å²) in [6, 6.07) is 9.23. The topological polar surface area (TPSA) is 80.6 Å². The number of aromatic nitrogens is 1. The minimum atomic E-state index is -0.599. The van der Waals surface area contributed by atoms with E-state index in [0.29, 0.717) is 16.1 Å². The van der Waals surface area contributed by atoms with Crippen molar-refractivity contribution >= 4 is 30.3 Å². The smallest absolute Gasteiger partial charge is 0.412 e. The number of nitrogens with zero attached hydrogens (tertiary/aromatic N) is 2. The van der Waals surface area contributed by atoms with Crippen LogP contribution in [0.4, 0.5) is 10.5 Å². The zero-order chi connectivity index (χ0) is 19.5. The molecule has 2 rings (SSSR count). The fourth-order valence-corrected chi connectivity index (χ4v) is 2.29. The van der Waals surface area contributed by atoms with Crippen molar-refractivity contribution < 1.29 is 14.3 Å². The van der Waals surface area contributed by atoms with Gasteiger partial charge in [0.1, 0.15) is 5.60 Å². The maximum Gasteiger partial charge on any atom is 0.412 e. The van der Waals surface area contributed by atoms with E-state index in [0.717, 1.165) is 0 Å². The van der Waals surface area contributed by atoms with E-state index >= 15 is 0 Å². The van der Waals surface area contributed by atoms with Crippen LogP contribution >= 0.6 is 12.6 Å². The molecular weight excluding hydrogens is 354 g/mol. The summed E-state index contributed by atoms with van der Waals surface area (Å²) in [6.45, 7) is 5.31. The number of hydrogen-bond donors (Lipinski definition) is 2. The van der Waals surface area contributed by atoms with E-state index in [1.165, 1.54) is 29.0 Å². The molecule has 0 aliphatic carbocycles. The van der Waals surface area contributed by atoms with Gasteiger partial charge in [-0.1, -0.05) is 0 Å². The van der Waals surface area contributed by atoms with Gasteiger partial charge in [-0.15, -0.1) is 12.6 Å². The van der Waals surface area contributed by atoms with Crippen LogP contribution in [-0.4, -0.2) is 29.3 Å². The Bertz CT molecular complexity index is 869. The molecule has 0 radical (unpaired) electrons. The standard InChI is InChI=1S/C18H21N3O4S/c1-18(2,3)25-17(24)19-13-7-5-12(6-8-13)16(23)20(4)21-10-9-14(26)11-15(21)22/h5-11,26H,1-4H3,(H,19,24). The Balaban J connectivity index is 2.11. The SMILES string of the molecule is CN(C(=O)c1ccc(NC(=O)OC(C)(C)C)cc1)n1ccc(S)cc1=O. The van der Waals surface area contributed by atoms with Gasteiger partial charge in [0.05, 0.1) is 0 Å². The second kappa shape index (κ2) is 7.65. The average molecular weight is 375 g/mol. The quantitative estimate of drug-likeness (QED) is 0.809. The van der Waals surface area contributed by atoms with Crippen molar-refractivity contribution in [2.45, 2.75) is 31.3 Å². The van der Waals surface area contributed by atoms with Gasteiger partial charge in [-0.3, -0.25) is 14.9 Å². The summed E-state index contributed by atoms with van der Waals surface area (Å²) in [4.78, 5) is 36.8. The maximum absolute atomic E-state index is 12.5. The Hall–Kier alpha value is -2.74. The number of thiol groups is 1. The number of nitrogens with one attached hydrogen (secondary N) is 1. The van der Waals surface area contributed by atoms with Crippen molar-refractivity contribution in [3.63, 3.8) is 0 Å². The van der Waals surface area contributed by atoms with Crippen LogP contribution < -0.4 is 15.9 Å². The summed E-state index contributed by atoms with van der Waals surface area (Å²) in [5, 5.41) is 3.79. The van der Waals surface area contributed by atoms with Gasteiger partial charge in [0.25, 0.3) is 11.5 Å². The van der Waals surface area contributed by atoms with Crippen LogP contribution in [0, 0.1) is 0 Å². The Kier molecular flexibility index (Phi) is 5.76. The molecule has 1 N–H and O–H groups in total. The Morgan fingerprint density at radius 3 is 2.31 bits per heavy atom. The van der Waals surface area contributed by atoms with E-state index < -0.39 is 11.7 Å². The summed E-state index contributed by atoms with van der Waals surface area (Å²) in [6.07, 6.45) is 0.896. The van der Waals surface area contributed by atoms with Crippen LogP contribution in [0.5, 0.6) is 0 Å². The van der Waals surface area contributed by atoms with Crippen LogP contribution in [0.1, 0.15) is 31.1 Å². The van der Waals surface area contributed by atoms with Gasteiger partial charge in [-0.05, 0) is 51.1 Å². The lowest BCUT2D eigenvalue weighted by molar-refractivity contribution is 0.0636. The largest absolute Gasteiger partial charge is 0.444 e. The third-order valence-electron chi connectivity index (χ3n) is 3.28. The van der Waals surface area contributed by atoms with E-state index in [2.05, 4.69) is 17.9 Å². The fraction of sp³-hybridized carbons (Fsp3) is 0.278. The zero-order valence-electron chi connectivity index (χ0n) is 15.0. The van der Waals surface area contributed by atoms with Crippen molar-refractivity contribution in [3.8, 4) is 0 Å². The highest BCUT2D eigenvalue weighted by Gasteiger charge is 2.17. The minimum Gasteiger partial charge on any atom is -0.444 e. The molecule has 8 heteroatoms. The molecule has 0 saturated carbocycles. The van der Waals surface area contributed by atoms with E-state index in [1.54, 1.807) is 51.1 Å². The normalized spacial score (nSPS) is 11.0. The predicted molar refractivity (Wildman–Crippen MR) is 103 cm³/mol. The van der Waals surface area contributed by atoms with Gasteiger partial charge in [-0.2, -0.15) is 0 Å². The molecule has 1 aromatic carbocycles. The third-order valence-corrected chi connectivity index (χ3v) is 3.56. The van der Waals surface area contributed by atoms with Crippen molar-refractivity contribution in [2.24, 2.45) is 0 Å². The molecule has 2 amide bonds. The van der Waals surface area contributed by atoms with Gasteiger partial charge in [0.15, 0.2) is 0 Å². The molecular formula is C18H21N3O4S. The first-order valence-corrected chi connectivity index (χ1v) is 8.31. The van der Waals surface area contributed by atoms with E-state index in [4.69, 9.17) is 4.74 Å². The fourth-order valence-electron chi connectivity index (χ4n) is 2.11. The molecule has 0 atom stereocenters. The summed E-state index contributed by atoms with van der Waals surface area (Å²) in [7, 11) is 1.49. The second-order valence-electron chi connectivity index (χ2n) is 6.60. The number of pyridine rings is 1. The van der Waals surface area contributed by atoms with Crippen LogP contribution in [-0.2, 0) is 4.74 Å². The molecule has 0 saturated heterocycles. The molecule has 138 valence electrons. The first-order valence-electron chi connectivity index (χ1n) is 7.87. The molecule has 1 heterocycles. The molecule has 0 spiro atoms. The van der Waals surface area contributed by atoms with Crippen LogP contribution in [0.25, 0.3) is 0 Å². The molecule has 2 aromatic rings. The lowest BCUT2D eigenvalue weighted by atomic mass is 10.2. The number of hydrogen-bond acceptors (Lipinski definition) is 5. The van der Waals surface area contributed by atoms with Gasteiger partial charge in [0, 0.05) is 35.5 Å². The number of amides is 2. The highest BCUT2D eigenvalue weighted by Crippen LogP contribution is 2.14. The van der Waals surface area contributed by atoms with Crippen molar-refractivity contribution in [1.29, 1.82) is 0 Å². The van der Waals surface area contributed by atoms with Gasteiger partial charge in [-0.25, -0.2) is 14.5 Å². The molecule has 0 aliphatic rings. The third kappa shape index (κ3) is 5.13. The van der Waals surface area contributed by atoms with Crippen LogP contribution in [0.15, 0.2) is 52.3 Å². The summed E-state index contributed by atoms with van der Waals surface area (Å²) < 4.78 is 6.36. The number of benzene rings is 1. The summed E-state index contributed by atoms with van der Waals surface area (Å²) in [5.74, 6) is -0.372. The molecule has 7 nitrogen and oxygen atoms in total. The lowest BCUT2D eigenvalue weighted by Gasteiger charge is -2.20. The van der Waals surface area contributed by atoms with E-state index in [1.807, 2.05) is 0 Å². The Morgan fingerprint density at radius 1 is 1.15 bits per heavy atom. The van der Waals surface area contributed by atoms with Crippen molar-refractivity contribution in [1.82, 2.24) is 4.68 Å². The Labute approximate surface area is 157 Å². The molecule has 26 heavy (non-hydrogen) atoms. The first kappa shape index (κ1) is 19.6. The maximum atomic E-state index is 12.5. The zero-order valence-corrected chi connectivity index (χ0v) is 15.9. The van der Waals surface area contributed by atoms with Crippen molar-refractivity contribution in [2.75, 3.05) is 17.4 Å². The highest BCUT2D eigenvalue weighted by atomic mass is 32.1. The van der Waals surface area contributed by atoms with Gasteiger partial charge in [0.2, 0.25) is 0 Å². The molecule has 1 aromatic heterocycles. The van der Waals surface area contributed by atoms with Crippen LogP contribution in [0.2, 0.25) is 0 Å². The monoisotopic (exact) mass is 375 g/mol. The molecule has 0 fully saturated rings. The van der Waals surface area contributed by atoms with Crippen molar-refractivity contribution in [3.05, 3.63) is 58.5 Å². The number of rotatable bonds is 3. The number of ether oxygens (including phenoxy) is 1. The van der Waals surface area contributed by atoms with E-state index in [9.17, 15) is 14.4 Å². The minimum absolute atomic E-state index is 0.364. The first-order chi connectivity index (χ1) is 12.1. The lowest BCUT2D eigenvalue weighted by Crippen LogP contribution is -2.42. The predicted octanol–water partition coefficient (Wildman–Crippen LogP) is 2.89. The molecule has 0 unspecified atom stereocenters. The van der Waals surface area contributed by atoms with E-state index in [-0.39, 0.29) is 11.5 Å². The summed E-state index contributed by atoms with van der Waals surface area (Å²) >= 11 is 4.09. The molecule has 0 aliphatic heterocycles. The number of anilines is 1. The second-order valence-corrected chi connectivity index (χ2v) is 7.12. The van der Waals surface area contributed by atoms with Gasteiger partial charge >= 0.3 is 6.09 Å². The number of carbonyl (C=O) groups excluding carboxylic acids is 2. The highest BCUT2D eigenvalue weighted by molar-refractivity contribution is 7.80. The average Bonchev–Trinajstić information content (AvgIpc) is 2.52. The summed E-state index contributed by atoms with van der Waals surface area (Å²) in [5.41, 5.74) is -0.103. The molecule has 0 bridgehead atoms. The number of carbonyl (C=O) groups is 2. The van der Waals surface area contributed by atoms with Gasteiger partial charge < -0.3 is 4.74 Å². The Morgan fingerprint density at radius 2 is 1.77 bits per heavy atom. The van der Waals surface area contributed by atoms with Crippen LogP contribution in [0.3, 0.4) is 0 Å².